The molecule has 0 aromatic heterocycles. The summed E-state index contributed by atoms with van der Waals surface area (Å²) in [6.45, 7) is 0. The predicted molar refractivity (Wildman–Crippen MR) is 234 cm³/mol. The molecule has 1 aliphatic carbocycles. The number of hydrogen-bond acceptors (Lipinski definition) is 4. The van der Waals surface area contributed by atoms with Gasteiger partial charge in [0.05, 0.1) is 28.0 Å². The van der Waals surface area contributed by atoms with Crippen molar-refractivity contribution >= 4 is 23.9 Å². The van der Waals surface area contributed by atoms with E-state index in [9.17, 15) is 39.6 Å². The largest absolute Gasteiger partial charge is 0.481 e. The van der Waals surface area contributed by atoms with Gasteiger partial charge in [-0.25, -0.2) is 14.4 Å². The van der Waals surface area contributed by atoms with Crippen LogP contribution in [0.3, 0.4) is 0 Å². The van der Waals surface area contributed by atoms with Crippen molar-refractivity contribution in [3.05, 3.63) is 227 Å². The Morgan fingerprint density at radius 3 is 0.885 bits per heavy atom. The van der Waals surface area contributed by atoms with Gasteiger partial charge in [0.15, 0.2) is 0 Å². The van der Waals surface area contributed by atoms with Crippen LogP contribution < -0.4 is 0 Å². The fraction of sp³-hybridized carbons (Fsp3) is 0.0943. The molecule has 4 N–H and O–H groups in total. The third kappa shape index (κ3) is 7.99. The van der Waals surface area contributed by atoms with E-state index in [2.05, 4.69) is 60.7 Å². The maximum absolute atomic E-state index is 11.7. The van der Waals surface area contributed by atoms with Gasteiger partial charge >= 0.3 is 23.9 Å². The standard InChI is InChI=1S/C53H40O8/c54-49(55)41-9-1-33(2-10-41)37-17-25-45(26-18-37)53(46-27-19-38(20-28-46)34-3-11-42(12-4-34)50(56)57,47-29-21-39(22-30-47)35-5-13-43(14-6-35)51(58)59)48-31-23-40(24-32-48)36-7-15-44(16-8-36)52(60)61/h1-7,9-15,17-32,36,44H,8,16H2,(H,54,55)(H,56,57)(H,58,59)(H,60,61). The molecule has 61 heavy (non-hydrogen) atoms. The van der Waals surface area contributed by atoms with Gasteiger partial charge in [0.25, 0.3) is 0 Å². The van der Waals surface area contributed by atoms with E-state index in [0.717, 1.165) is 67.6 Å². The number of allylic oxidation sites excluding steroid dienone is 1. The maximum atomic E-state index is 11.7. The zero-order valence-electron chi connectivity index (χ0n) is 32.8. The van der Waals surface area contributed by atoms with Crippen LogP contribution in [-0.4, -0.2) is 44.3 Å². The minimum atomic E-state index is -0.992. The highest BCUT2D eigenvalue weighted by molar-refractivity contribution is 5.89. The molecule has 7 aromatic rings. The van der Waals surface area contributed by atoms with E-state index in [1.165, 1.54) is 0 Å². The number of aliphatic carboxylic acids is 1. The quantitative estimate of drug-likeness (QED) is 0.0704. The first-order valence-corrected chi connectivity index (χ1v) is 19.9. The first-order valence-electron chi connectivity index (χ1n) is 19.9. The number of rotatable bonds is 12. The second-order valence-electron chi connectivity index (χ2n) is 15.3. The fourth-order valence-corrected chi connectivity index (χ4v) is 8.44. The van der Waals surface area contributed by atoms with E-state index in [-0.39, 0.29) is 22.6 Å². The van der Waals surface area contributed by atoms with Crippen molar-refractivity contribution in [1.29, 1.82) is 0 Å². The van der Waals surface area contributed by atoms with Gasteiger partial charge < -0.3 is 20.4 Å². The van der Waals surface area contributed by atoms with Crippen molar-refractivity contribution in [3.8, 4) is 33.4 Å². The summed E-state index contributed by atoms with van der Waals surface area (Å²) in [4.78, 5) is 46.4. The lowest BCUT2D eigenvalue weighted by atomic mass is 9.64. The predicted octanol–water partition coefficient (Wildman–Crippen LogP) is 11.3. The van der Waals surface area contributed by atoms with Crippen LogP contribution in [-0.2, 0) is 10.2 Å². The van der Waals surface area contributed by atoms with Crippen LogP contribution in [0, 0.1) is 5.92 Å². The Labute approximate surface area is 352 Å². The van der Waals surface area contributed by atoms with Crippen LogP contribution in [0.25, 0.3) is 33.4 Å². The normalized spacial score (nSPS) is 14.9. The summed E-state index contributed by atoms with van der Waals surface area (Å²) < 4.78 is 0. The molecule has 300 valence electrons. The Kier molecular flexibility index (Phi) is 11.0. The lowest BCUT2D eigenvalue weighted by Crippen LogP contribution is -2.31. The topological polar surface area (TPSA) is 149 Å². The summed E-state index contributed by atoms with van der Waals surface area (Å²) >= 11 is 0. The molecule has 7 aromatic carbocycles. The van der Waals surface area contributed by atoms with Gasteiger partial charge in [-0.15, -0.1) is 0 Å². The van der Waals surface area contributed by atoms with E-state index < -0.39 is 35.2 Å². The van der Waals surface area contributed by atoms with Gasteiger partial charge in [0.1, 0.15) is 0 Å². The van der Waals surface area contributed by atoms with Crippen molar-refractivity contribution in [2.45, 2.75) is 24.2 Å². The smallest absolute Gasteiger partial charge is 0.335 e. The summed E-state index contributed by atoms with van der Waals surface area (Å²) in [7, 11) is 0. The zero-order chi connectivity index (χ0) is 42.7. The molecule has 2 atom stereocenters. The molecular weight excluding hydrogens is 765 g/mol. The highest BCUT2D eigenvalue weighted by Crippen LogP contribution is 2.47. The first kappa shape index (κ1) is 40.0. The number of benzene rings is 7. The molecule has 0 radical (unpaired) electrons. The van der Waals surface area contributed by atoms with Crippen LogP contribution in [0.2, 0.25) is 0 Å². The molecule has 8 heteroatoms. The molecule has 0 amide bonds. The van der Waals surface area contributed by atoms with Crippen molar-refractivity contribution in [2.75, 3.05) is 0 Å². The molecule has 0 fully saturated rings. The number of aromatic carboxylic acids is 3. The van der Waals surface area contributed by atoms with Crippen molar-refractivity contribution in [2.24, 2.45) is 5.92 Å². The number of carbonyl (C=O) groups is 4. The molecule has 0 saturated carbocycles. The van der Waals surface area contributed by atoms with Crippen molar-refractivity contribution in [3.63, 3.8) is 0 Å². The Hall–Kier alpha value is -7.84. The molecule has 1 aliphatic rings. The van der Waals surface area contributed by atoms with Gasteiger partial charge in [-0.2, -0.15) is 0 Å². The molecule has 0 spiro atoms. The summed E-state index contributed by atoms with van der Waals surface area (Å²) in [5, 5.41) is 38.0. The number of hydrogen-bond donors (Lipinski definition) is 4. The Bertz CT molecular complexity index is 2510. The monoisotopic (exact) mass is 804 g/mol. The molecule has 8 nitrogen and oxygen atoms in total. The van der Waals surface area contributed by atoms with Crippen molar-refractivity contribution < 1.29 is 39.6 Å². The van der Waals surface area contributed by atoms with Gasteiger partial charge in [-0.3, -0.25) is 4.79 Å². The highest BCUT2D eigenvalue weighted by Gasteiger charge is 2.39. The van der Waals surface area contributed by atoms with Crippen LogP contribution in [0.5, 0.6) is 0 Å². The summed E-state index contributed by atoms with van der Waals surface area (Å²) in [5.41, 5.74) is 10.0. The lowest BCUT2D eigenvalue weighted by Gasteiger charge is -2.37. The van der Waals surface area contributed by atoms with Crippen LogP contribution in [0.4, 0.5) is 0 Å². The van der Waals surface area contributed by atoms with Gasteiger partial charge in [-0.1, -0.05) is 146 Å². The molecule has 2 unspecified atom stereocenters. The van der Waals surface area contributed by atoms with Crippen molar-refractivity contribution in [1.82, 2.24) is 0 Å². The van der Waals surface area contributed by atoms with E-state index in [0.29, 0.717) is 6.42 Å². The summed E-state index contributed by atoms with van der Waals surface area (Å²) in [5.74, 6) is -4.21. The van der Waals surface area contributed by atoms with Crippen LogP contribution in [0.1, 0.15) is 77.7 Å². The van der Waals surface area contributed by atoms with E-state index in [4.69, 9.17) is 0 Å². The van der Waals surface area contributed by atoms with Crippen LogP contribution in [0.15, 0.2) is 182 Å². The Morgan fingerprint density at radius 2 is 0.639 bits per heavy atom. The van der Waals surface area contributed by atoms with E-state index >= 15 is 0 Å². The number of carboxylic acids is 4. The van der Waals surface area contributed by atoms with Crippen LogP contribution >= 0.6 is 0 Å². The Balaban J connectivity index is 1.29. The summed E-state index contributed by atoms with van der Waals surface area (Å²) in [6.07, 6.45) is 5.07. The SMILES string of the molecule is O=C(O)c1ccc(-c2ccc(C(c3ccc(-c4ccc(C(=O)O)cc4)cc3)(c3ccc(-c4ccc(C(=O)O)cc4)cc3)c3ccc(C4C=CC(C(=O)O)CC4)cc3)cc2)cc1. The van der Waals surface area contributed by atoms with Gasteiger partial charge in [0, 0.05) is 5.92 Å². The van der Waals surface area contributed by atoms with E-state index in [1.807, 2.05) is 42.5 Å². The fourth-order valence-electron chi connectivity index (χ4n) is 8.44. The third-order valence-electron chi connectivity index (χ3n) is 11.8. The van der Waals surface area contributed by atoms with Gasteiger partial charge in [-0.05, 0) is 110 Å². The third-order valence-corrected chi connectivity index (χ3v) is 11.8. The number of carboxylic acid groups (broad SMARTS) is 4. The van der Waals surface area contributed by atoms with Gasteiger partial charge in [0.2, 0.25) is 0 Å². The minimum Gasteiger partial charge on any atom is -0.481 e. The average molecular weight is 805 g/mol. The lowest BCUT2D eigenvalue weighted by molar-refractivity contribution is -0.140. The second-order valence-corrected chi connectivity index (χ2v) is 15.3. The molecule has 0 aliphatic heterocycles. The summed E-state index contributed by atoms with van der Waals surface area (Å²) in [6, 6.07) is 53.7. The molecule has 0 bridgehead atoms. The molecule has 0 heterocycles. The molecular formula is C53H40O8. The maximum Gasteiger partial charge on any atom is 0.335 e. The first-order chi connectivity index (χ1) is 29.5. The van der Waals surface area contributed by atoms with E-state index in [1.54, 1.807) is 78.9 Å². The molecule has 8 rings (SSSR count). The highest BCUT2D eigenvalue weighted by atomic mass is 16.4. The molecule has 0 saturated heterocycles. The average Bonchev–Trinajstić information content (AvgIpc) is 3.30. The zero-order valence-corrected chi connectivity index (χ0v) is 32.8. The minimum absolute atomic E-state index is 0.0736. The Morgan fingerprint density at radius 1 is 0.361 bits per heavy atom. The second kappa shape index (κ2) is 16.8.